The number of nitrogen functional groups attached to an aromatic ring is 1. The van der Waals surface area contributed by atoms with Crippen molar-refractivity contribution in [3.63, 3.8) is 0 Å². The van der Waals surface area contributed by atoms with Crippen LogP contribution in [0, 0.1) is 20.8 Å². The third-order valence-electron chi connectivity index (χ3n) is 3.51. The van der Waals surface area contributed by atoms with Crippen molar-refractivity contribution in [1.29, 1.82) is 0 Å². The molecule has 0 aliphatic carbocycles. The van der Waals surface area contributed by atoms with Gasteiger partial charge in [-0.1, -0.05) is 18.2 Å². The molecule has 4 nitrogen and oxygen atoms in total. The van der Waals surface area contributed by atoms with Crippen LogP contribution in [0.1, 0.15) is 16.7 Å². The van der Waals surface area contributed by atoms with E-state index in [1.54, 1.807) is 12.1 Å². The first-order valence-electron chi connectivity index (χ1n) is 6.55. The minimum absolute atomic E-state index is 0.0861. The molecule has 0 unspecified atom stereocenters. The Hall–Kier alpha value is -2.01. The number of para-hydroxylation sites is 1. The van der Waals surface area contributed by atoms with Crippen molar-refractivity contribution in [2.45, 2.75) is 25.7 Å². The van der Waals surface area contributed by atoms with Gasteiger partial charge in [0.05, 0.1) is 10.6 Å². The van der Waals surface area contributed by atoms with Crippen molar-refractivity contribution >= 4 is 15.5 Å². The number of sulfone groups is 1. The van der Waals surface area contributed by atoms with Crippen molar-refractivity contribution in [3.05, 3.63) is 47.0 Å². The Labute approximate surface area is 125 Å². The van der Waals surface area contributed by atoms with E-state index in [9.17, 15) is 8.42 Å². The third-order valence-corrected chi connectivity index (χ3v) is 4.67. The van der Waals surface area contributed by atoms with Crippen LogP contribution in [0.25, 0.3) is 0 Å². The van der Waals surface area contributed by atoms with Gasteiger partial charge < -0.3 is 10.5 Å². The molecule has 2 rings (SSSR count). The molecule has 21 heavy (non-hydrogen) atoms. The number of ether oxygens (including phenoxy) is 1. The van der Waals surface area contributed by atoms with Gasteiger partial charge in [-0.25, -0.2) is 8.42 Å². The summed E-state index contributed by atoms with van der Waals surface area (Å²) in [4.78, 5) is 0.0861. The largest absolute Gasteiger partial charge is 0.455 e. The molecule has 0 saturated heterocycles. The van der Waals surface area contributed by atoms with Crippen molar-refractivity contribution in [2.75, 3.05) is 12.0 Å². The lowest BCUT2D eigenvalue weighted by molar-refractivity contribution is 0.475. The number of nitrogens with two attached hydrogens (primary N) is 1. The quantitative estimate of drug-likeness (QED) is 0.882. The minimum Gasteiger partial charge on any atom is -0.455 e. The molecule has 112 valence electrons. The summed E-state index contributed by atoms with van der Waals surface area (Å²) >= 11 is 0. The van der Waals surface area contributed by atoms with Crippen molar-refractivity contribution in [1.82, 2.24) is 0 Å². The molecule has 0 aliphatic heterocycles. The highest BCUT2D eigenvalue weighted by atomic mass is 32.2. The molecule has 2 aromatic rings. The Kier molecular flexibility index (Phi) is 3.96. The summed E-state index contributed by atoms with van der Waals surface area (Å²) in [5.74, 6) is 1.07. The topological polar surface area (TPSA) is 69.4 Å². The van der Waals surface area contributed by atoms with Gasteiger partial charge in [-0.2, -0.15) is 0 Å². The number of anilines is 1. The Bertz CT molecular complexity index is 795. The van der Waals surface area contributed by atoms with E-state index < -0.39 is 9.84 Å². The Balaban J connectivity index is 2.54. The molecule has 0 aliphatic rings. The number of benzene rings is 2. The zero-order chi connectivity index (χ0) is 15.8. The first kappa shape index (κ1) is 15.4. The van der Waals surface area contributed by atoms with Gasteiger partial charge in [0.25, 0.3) is 0 Å². The second-order valence-corrected chi connectivity index (χ2v) is 7.18. The summed E-state index contributed by atoms with van der Waals surface area (Å²) in [6, 6.07) is 8.77. The second kappa shape index (κ2) is 5.41. The van der Waals surface area contributed by atoms with Crippen LogP contribution < -0.4 is 10.5 Å². The van der Waals surface area contributed by atoms with E-state index in [0.717, 1.165) is 22.9 Å². The van der Waals surface area contributed by atoms with Crippen molar-refractivity contribution < 1.29 is 13.2 Å². The van der Waals surface area contributed by atoms with E-state index in [0.29, 0.717) is 11.5 Å². The molecular weight excluding hydrogens is 286 g/mol. The average molecular weight is 305 g/mol. The molecule has 0 spiro atoms. The maximum atomic E-state index is 11.7. The molecule has 0 amide bonds. The summed E-state index contributed by atoms with van der Waals surface area (Å²) in [5.41, 5.74) is 9.18. The van der Waals surface area contributed by atoms with Crippen LogP contribution in [-0.4, -0.2) is 14.7 Å². The highest BCUT2D eigenvalue weighted by Gasteiger charge is 2.16. The monoisotopic (exact) mass is 305 g/mol. The number of hydrogen-bond donors (Lipinski definition) is 1. The van der Waals surface area contributed by atoms with Crippen LogP contribution in [0.2, 0.25) is 0 Å². The van der Waals surface area contributed by atoms with Gasteiger partial charge in [-0.3, -0.25) is 0 Å². The second-order valence-electron chi connectivity index (χ2n) is 5.20. The van der Waals surface area contributed by atoms with Crippen LogP contribution in [0.4, 0.5) is 5.69 Å². The Morgan fingerprint density at radius 1 is 1.00 bits per heavy atom. The smallest absolute Gasteiger partial charge is 0.177 e. The zero-order valence-corrected chi connectivity index (χ0v) is 13.4. The highest BCUT2D eigenvalue weighted by molar-refractivity contribution is 7.90. The van der Waals surface area contributed by atoms with Crippen molar-refractivity contribution in [3.8, 4) is 11.5 Å². The molecule has 0 fully saturated rings. The standard InChI is InChI=1S/C16H19NO3S/c1-10-8-9-11(2)16(12(10)3)20-13-6-5-7-14(15(13)17)21(4,18)19/h5-9H,17H2,1-4H3. The van der Waals surface area contributed by atoms with Gasteiger partial charge in [-0.05, 0) is 49.6 Å². The van der Waals surface area contributed by atoms with Gasteiger partial charge in [0, 0.05) is 6.26 Å². The lowest BCUT2D eigenvalue weighted by Gasteiger charge is -2.16. The summed E-state index contributed by atoms with van der Waals surface area (Å²) in [5, 5.41) is 0. The van der Waals surface area contributed by atoms with Crippen molar-refractivity contribution in [2.24, 2.45) is 0 Å². The highest BCUT2D eigenvalue weighted by Crippen LogP contribution is 2.36. The fraction of sp³-hybridized carbons (Fsp3) is 0.250. The lowest BCUT2D eigenvalue weighted by atomic mass is 10.1. The fourth-order valence-electron chi connectivity index (χ4n) is 2.13. The van der Waals surface area contributed by atoms with Crippen LogP contribution in [0.15, 0.2) is 35.2 Å². The van der Waals surface area contributed by atoms with E-state index in [-0.39, 0.29) is 10.6 Å². The number of aryl methyl sites for hydroxylation is 2. The molecule has 2 N–H and O–H groups in total. The molecule has 5 heteroatoms. The van der Waals surface area contributed by atoms with Gasteiger partial charge in [0.1, 0.15) is 5.75 Å². The minimum atomic E-state index is -3.38. The SMILES string of the molecule is Cc1ccc(C)c(Oc2cccc(S(C)(=O)=O)c2N)c1C. The molecule has 0 heterocycles. The molecule has 0 aromatic heterocycles. The van der Waals surface area contributed by atoms with Gasteiger partial charge in [0.2, 0.25) is 0 Å². The molecule has 0 bridgehead atoms. The molecule has 2 aromatic carbocycles. The van der Waals surface area contributed by atoms with Crippen LogP contribution in [0.3, 0.4) is 0 Å². The predicted molar refractivity (Wildman–Crippen MR) is 84.7 cm³/mol. The Morgan fingerprint density at radius 2 is 1.62 bits per heavy atom. The normalized spacial score (nSPS) is 11.4. The molecule has 0 atom stereocenters. The van der Waals surface area contributed by atoms with E-state index in [1.807, 2.05) is 32.9 Å². The zero-order valence-electron chi connectivity index (χ0n) is 12.6. The van der Waals surface area contributed by atoms with Gasteiger partial charge in [0.15, 0.2) is 15.6 Å². The van der Waals surface area contributed by atoms with Gasteiger partial charge in [-0.15, -0.1) is 0 Å². The molecule has 0 radical (unpaired) electrons. The summed E-state index contributed by atoms with van der Waals surface area (Å²) in [6.07, 6.45) is 1.13. The maximum absolute atomic E-state index is 11.7. The number of hydrogen-bond acceptors (Lipinski definition) is 4. The van der Waals surface area contributed by atoms with Crippen LogP contribution in [-0.2, 0) is 9.84 Å². The molecular formula is C16H19NO3S. The maximum Gasteiger partial charge on any atom is 0.177 e. The summed E-state index contributed by atoms with van der Waals surface area (Å²) < 4.78 is 29.3. The van der Waals surface area contributed by atoms with E-state index >= 15 is 0 Å². The third kappa shape index (κ3) is 3.03. The van der Waals surface area contributed by atoms with E-state index in [1.165, 1.54) is 6.07 Å². The summed E-state index contributed by atoms with van der Waals surface area (Å²) in [6.45, 7) is 5.91. The van der Waals surface area contributed by atoms with Crippen LogP contribution >= 0.6 is 0 Å². The number of rotatable bonds is 3. The first-order valence-corrected chi connectivity index (χ1v) is 8.44. The van der Waals surface area contributed by atoms with Gasteiger partial charge >= 0.3 is 0 Å². The van der Waals surface area contributed by atoms with E-state index in [2.05, 4.69) is 0 Å². The van der Waals surface area contributed by atoms with E-state index in [4.69, 9.17) is 10.5 Å². The van der Waals surface area contributed by atoms with Crippen LogP contribution in [0.5, 0.6) is 11.5 Å². The average Bonchev–Trinajstić information content (AvgIpc) is 2.39. The Morgan fingerprint density at radius 3 is 2.24 bits per heavy atom. The lowest BCUT2D eigenvalue weighted by Crippen LogP contribution is -2.04. The summed E-state index contributed by atoms with van der Waals surface area (Å²) in [7, 11) is -3.38. The predicted octanol–water partition coefficient (Wildman–Crippen LogP) is 3.39. The first-order chi connectivity index (χ1) is 9.71. The molecule has 0 saturated carbocycles. The fourth-order valence-corrected chi connectivity index (χ4v) is 2.95.